The molecule has 3 heterocycles. The predicted octanol–water partition coefficient (Wildman–Crippen LogP) is 1.26. The quantitative estimate of drug-likeness (QED) is 0.863. The van der Waals surface area contributed by atoms with Crippen LogP contribution in [0.1, 0.15) is 33.2 Å². The summed E-state index contributed by atoms with van der Waals surface area (Å²) in [6.07, 6.45) is 0.634. The van der Waals surface area contributed by atoms with E-state index in [9.17, 15) is 9.90 Å². The highest BCUT2D eigenvalue weighted by atomic mass is 32.1. The third kappa shape index (κ3) is 4.20. The van der Waals surface area contributed by atoms with Gasteiger partial charge in [-0.1, -0.05) is 10.6 Å². The Morgan fingerprint density at radius 1 is 1.36 bits per heavy atom. The molecule has 8 heteroatoms. The number of carbonyl (C=O) groups excluding carboxylic acids is 1. The lowest BCUT2D eigenvalue weighted by atomic mass is 10.1. The maximum atomic E-state index is 12.7. The standard InChI is InChI=1S/C17H23N5O2S/c1-12-4-3-5-14(18-12)10-21-7-8-22(11-15(21)6-9-23)17(24)16-13(2)19-20-25-16/h3-5,15,23H,6-11H2,1-2H3/t15-/m0/s1. The molecule has 0 bridgehead atoms. The Balaban J connectivity index is 1.70. The van der Waals surface area contributed by atoms with E-state index < -0.39 is 0 Å². The van der Waals surface area contributed by atoms with E-state index in [0.717, 1.165) is 36.0 Å². The normalized spacial score (nSPS) is 18.5. The molecule has 1 aliphatic rings. The lowest BCUT2D eigenvalue weighted by molar-refractivity contribution is 0.0394. The Kier molecular flexibility index (Phi) is 5.72. The van der Waals surface area contributed by atoms with E-state index in [1.54, 1.807) is 0 Å². The summed E-state index contributed by atoms with van der Waals surface area (Å²) in [6, 6.07) is 6.13. The number of hydrogen-bond acceptors (Lipinski definition) is 7. The average Bonchev–Trinajstić information content (AvgIpc) is 3.02. The molecule has 0 spiro atoms. The van der Waals surface area contributed by atoms with Gasteiger partial charge in [0, 0.05) is 44.5 Å². The first-order chi connectivity index (χ1) is 12.1. The average molecular weight is 361 g/mol. The molecule has 1 amide bonds. The van der Waals surface area contributed by atoms with Gasteiger partial charge in [0.1, 0.15) is 4.88 Å². The maximum absolute atomic E-state index is 12.7. The second kappa shape index (κ2) is 7.99. The summed E-state index contributed by atoms with van der Waals surface area (Å²) in [5.74, 6) is -0.0104. The van der Waals surface area contributed by atoms with Crippen LogP contribution >= 0.6 is 11.5 Å². The molecule has 134 valence electrons. The van der Waals surface area contributed by atoms with Crippen LogP contribution in [-0.2, 0) is 6.54 Å². The van der Waals surface area contributed by atoms with E-state index in [1.807, 2.05) is 36.9 Å². The molecule has 1 N–H and O–H groups in total. The van der Waals surface area contributed by atoms with Crippen molar-refractivity contribution in [1.29, 1.82) is 0 Å². The van der Waals surface area contributed by atoms with Gasteiger partial charge < -0.3 is 10.0 Å². The summed E-state index contributed by atoms with van der Waals surface area (Å²) in [5.41, 5.74) is 2.70. The third-order valence-electron chi connectivity index (χ3n) is 4.51. The van der Waals surface area contributed by atoms with E-state index in [0.29, 0.717) is 30.1 Å². The largest absolute Gasteiger partial charge is 0.396 e. The molecule has 25 heavy (non-hydrogen) atoms. The van der Waals surface area contributed by atoms with Crippen molar-refractivity contribution in [2.24, 2.45) is 0 Å². The maximum Gasteiger partial charge on any atom is 0.267 e. The molecule has 1 saturated heterocycles. The van der Waals surface area contributed by atoms with Gasteiger partial charge in [-0.15, -0.1) is 5.10 Å². The van der Waals surface area contributed by atoms with Gasteiger partial charge in [-0.3, -0.25) is 14.7 Å². The van der Waals surface area contributed by atoms with Gasteiger partial charge in [0.05, 0.1) is 11.4 Å². The van der Waals surface area contributed by atoms with Crippen LogP contribution in [-0.4, -0.2) is 67.7 Å². The van der Waals surface area contributed by atoms with Crippen LogP contribution in [0.4, 0.5) is 0 Å². The zero-order valence-corrected chi connectivity index (χ0v) is 15.4. The Hall–Kier alpha value is -1.90. The summed E-state index contributed by atoms with van der Waals surface area (Å²) in [6.45, 7) is 6.64. The van der Waals surface area contributed by atoms with E-state index in [1.165, 1.54) is 0 Å². The van der Waals surface area contributed by atoms with Gasteiger partial charge in [0.25, 0.3) is 5.91 Å². The number of aromatic nitrogens is 3. The van der Waals surface area contributed by atoms with Crippen molar-refractivity contribution in [2.75, 3.05) is 26.2 Å². The van der Waals surface area contributed by atoms with Crippen LogP contribution < -0.4 is 0 Å². The Morgan fingerprint density at radius 3 is 2.88 bits per heavy atom. The number of hydrogen-bond donors (Lipinski definition) is 1. The third-order valence-corrected chi connectivity index (χ3v) is 5.33. The van der Waals surface area contributed by atoms with E-state index in [4.69, 9.17) is 0 Å². The van der Waals surface area contributed by atoms with Crippen molar-refractivity contribution in [3.63, 3.8) is 0 Å². The fraction of sp³-hybridized carbons (Fsp3) is 0.529. The summed E-state index contributed by atoms with van der Waals surface area (Å²) in [5, 5.41) is 13.4. The first-order valence-corrected chi connectivity index (χ1v) is 9.21. The van der Waals surface area contributed by atoms with Crippen molar-refractivity contribution in [1.82, 2.24) is 24.4 Å². The molecule has 0 radical (unpaired) electrons. The van der Waals surface area contributed by atoms with Crippen molar-refractivity contribution in [2.45, 2.75) is 32.9 Å². The zero-order chi connectivity index (χ0) is 17.8. The molecule has 2 aromatic heterocycles. The van der Waals surface area contributed by atoms with E-state index in [-0.39, 0.29) is 18.6 Å². The number of rotatable bonds is 5. The molecule has 0 aliphatic carbocycles. The van der Waals surface area contributed by atoms with Crippen LogP contribution in [0.3, 0.4) is 0 Å². The minimum atomic E-state index is -0.0104. The summed E-state index contributed by atoms with van der Waals surface area (Å²) in [7, 11) is 0. The van der Waals surface area contributed by atoms with E-state index >= 15 is 0 Å². The van der Waals surface area contributed by atoms with Crippen molar-refractivity contribution in [3.8, 4) is 0 Å². The van der Waals surface area contributed by atoms with Crippen LogP contribution in [0.2, 0.25) is 0 Å². The molecule has 0 aromatic carbocycles. The SMILES string of the molecule is Cc1cccc(CN2CCN(C(=O)c3snnc3C)C[C@@H]2CCO)n1. The second-order valence-electron chi connectivity index (χ2n) is 6.35. The lowest BCUT2D eigenvalue weighted by Gasteiger charge is -2.41. The number of nitrogens with zero attached hydrogens (tertiary/aromatic N) is 5. The zero-order valence-electron chi connectivity index (χ0n) is 14.6. The number of aliphatic hydroxyl groups excluding tert-OH is 1. The molecule has 7 nitrogen and oxygen atoms in total. The molecule has 1 fully saturated rings. The molecule has 3 rings (SSSR count). The van der Waals surface area contributed by atoms with Crippen LogP contribution in [0.25, 0.3) is 0 Å². The van der Waals surface area contributed by atoms with E-state index in [2.05, 4.69) is 19.5 Å². The minimum absolute atomic E-state index is 0.0104. The highest BCUT2D eigenvalue weighted by Crippen LogP contribution is 2.20. The predicted molar refractivity (Wildman–Crippen MR) is 95.4 cm³/mol. The van der Waals surface area contributed by atoms with Crippen LogP contribution in [0, 0.1) is 13.8 Å². The van der Waals surface area contributed by atoms with Crippen LogP contribution in [0.15, 0.2) is 18.2 Å². The first-order valence-electron chi connectivity index (χ1n) is 8.44. The fourth-order valence-electron chi connectivity index (χ4n) is 3.18. The van der Waals surface area contributed by atoms with Gasteiger partial charge in [0.15, 0.2) is 0 Å². The molecule has 1 atom stereocenters. The van der Waals surface area contributed by atoms with Gasteiger partial charge in [-0.05, 0) is 43.9 Å². The highest BCUT2D eigenvalue weighted by Gasteiger charge is 2.31. The Morgan fingerprint density at radius 2 is 2.20 bits per heavy atom. The van der Waals surface area contributed by atoms with Crippen LogP contribution in [0.5, 0.6) is 0 Å². The van der Waals surface area contributed by atoms with Gasteiger partial charge >= 0.3 is 0 Å². The lowest BCUT2D eigenvalue weighted by Crippen LogP contribution is -2.54. The van der Waals surface area contributed by atoms with Gasteiger partial charge in [0.2, 0.25) is 0 Å². The number of aryl methyl sites for hydroxylation is 2. The Bertz CT molecular complexity index is 735. The summed E-state index contributed by atoms with van der Waals surface area (Å²) in [4.78, 5) is 22.0. The topological polar surface area (TPSA) is 82.5 Å². The Labute approximate surface area is 151 Å². The second-order valence-corrected chi connectivity index (χ2v) is 7.10. The number of aliphatic hydroxyl groups is 1. The number of amides is 1. The van der Waals surface area contributed by atoms with Crippen molar-refractivity contribution < 1.29 is 9.90 Å². The highest BCUT2D eigenvalue weighted by molar-refractivity contribution is 7.07. The number of piperazine rings is 1. The molecule has 2 aromatic rings. The number of carbonyl (C=O) groups is 1. The summed E-state index contributed by atoms with van der Waals surface area (Å²) < 4.78 is 3.86. The first kappa shape index (κ1) is 17.9. The number of pyridine rings is 1. The molecular formula is C17H23N5O2S. The molecular weight excluding hydrogens is 338 g/mol. The van der Waals surface area contributed by atoms with Gasteiger partial charge in [-0.2, -0.15) is 0 Å². The monoisotopic (exact) mass is 361 g/mol. The molecule has 0 unspecified atom stereocenters. The van der Waals surface area contributed by atoms with Crippen molar-refractivity contribution >= 4 is 17.4 Å². The minimum Gasteiger partial charge on any atom is -0.396 e. The fourth-order valence-corrected chi connectivity index (χ4v) is 3.80. The molecule has 1 aliphatic heterocycles. The summed E-state index contributed by atoms with van der Waals surface area (Å²) >= 11 is 1.15. The smallest absolute Gasteiger partial charge is 0.267 e. The molecule has 0 saturated carbocycles. The van der Waals surface area contributed by atoms with Gasteiger partial charge in [-0.25, -0.2) is 0 Å². The van der Waals surface area contributed by atoms with Crippen molar-refractivity contribution in [3.05, 3.63) is 40.2 Å².